The third kappa shape index (κ3) is 2.64. The van der Waals surface area contributed by atoms with Crippen molar-refractivity contribution in [1.29, 1.82) is 0 Å². The quantitative estimate of drug-likeness (QED) is 0.663. The normalized spacial score (nSPS) is 25.9. The minimum atomic E-state index is -0.320. The molecule has 1 aromatic heterocycles. The van der Waals surface area contributed by atoms with Crippen molar-refractivity contribution in [2.24, 2.45) is 11.8 Å². The van der Waals surface area contributed by atoms with Crippen molar-refractivity contribution in [3.8, 4) is 0 Å². The molecule has 1 aliphatic rings. The van der Waals surface area contributed by atoms with Crippen LogP contribution < -0.4 is 5.32 Å². The summed E-state index contributed by atoms with van der Waals surface area (Å²) in [6.45, 7) is 8.92. The van der Waals surface area contributed by atoms with Gasteiger partial charge in [0.05, 0.1) is 4.92 Å². The van der Waals surface area contributed by atoms with Crippen LogP contribution in [0.15, 0.2) is 0 Å². The summed E-state index contributed by atoms with van der Waals surface area (Å²) in [4.78, 5) is 11.0. The van der Waals surface area contributed by atoms with Crippen molar-refractivity contribution in [2.75, 3.05) is 5.32 Å². The van der Waals surface area contributed by atoms with Crippen LogP contribution in [0.4, 0.5) is 11.5 Å². The molecule has 112 valence electrons. The smallest absolute Gasteiger partial charge is 0.333 e. The summed E-state index contributed by atoms with van der Waals surface area (Å²) in [5, 5.41) is 19.0. The number of nitro groups is 1. The molecule has 0 radical (unpaired) electrons. The summed E-state index contributed by atoms with van der Waals surface area (Å²) in [5.74, 6) is 1.77. The van der Waals surface area contributed by atoms with Gasteiger partial charge in [-0.2, -0.15) is 5.10 Å². The lowest BCUT2D eigenvalue weighted by Crippen LogP contribution is -2.26. The van der Waals surface area contributed by atoms with Gasteiger partial charge in [0.1, 0.15) is 5.69 Å². The van der Waals surface area contributed by atoms with Crippen molar-refractivity contribution in [3.63, 3.8) is 0 Å². The molecule has 6 nitrogen and oxygen atoms in total. The Morgan fingerprint density at radius 2 is 2.15 bits per heavy atom. The molecule has 1 saturated carbocycles. The summed E-state index contributed by atoms with van der Waals surface area (Å²) < 4.78 is 1.75. The van der Waals surface area contributed by atoms with Crippen molar-refractivity contribution in [3.05, 3.63) is 15.8 Å². The van der Waals surface area contributed by atoms with Crippen molar-refractivity contribution < 1.29 is 4.92 Å². The van der Waals surface area contributed by atoms with Gasteiger partial charge in [-0.25, -0.2) is 4.68 Å². The monoisotopic (exact) mass is 280 g/mol. The standard InChI is InChI=1S/C14H24N4O2/c1-5-8-17-14(13(18(19)20)11(4)16-17)15-12-7-6-9(2)10(12)3/h9-10,12,15H,5-8H2,1-4H3. The van der Waals surface area contributed by atoms with E-state index in [-0.39, 0.29) is 10.6 Å². The molecule has 20 heavy (non-hydrogen) atoms. The van der Waals surface area contributed by atoms with Crippen molar-refractivity contribution in [2.45, 2.75) is 59.5 Å². The van der Waals surface area contributed by atoms with Gasteiger partial charge in [0.2, 0.25) is 5.82 Å². The molecule has 3 unspecified atom stereocenters. The summed E-state index contributed by atoms with van der Waals surface area (Å²) >= 11 is 0. The molecule has 1 aromatic rings. The zero-order valence-electron chi connectivity index (χ0n) is 12.7. The molecule has 3 atom stereocenters. The largest absolute Gasteiger partial charge is 0.362 e. The number of anilines is 1. The summed E-state index contributed by atoms with van der Waals surface area (Å²) in [6, 6.07) is 0.301. The molecular weight excluding hydrogens is 256 g/mol. The lowest BCUT2D eigenvalue weighted by molar-refractivity contribution is -0.384. The summed E-state index contributed by atoms with van der Waals surface area (Å²) in [6.07, 6.45) is 3.15. The number of rotatable bonds is 5. The van der Waals surface area contributed by atoms with Gasteiger partial charge in [0.25, 0.3) is 0 Å². The van der Waals surface area contributed by atoms with Crippen LogP contribution in [0.5, 0.6) is 0 Å². The SMILES string of the molecule is CCCn1nc(C)c([N+](=O)[O-])c1NC1CCC(C)C1C. The van der Waals surface area contributed by atoms with Crippen LogP contribution >= 0.6 is 0 Å². The number of nitrogens with zero attached hydrogens (tertiary/aromatic N) is 3. The molecule has 0 saturated heterocycles. The lowest BCUT2D eigenvalue weighted by atomic mass is 9.98. The zero-order chi connectivity index (χ0) is 14.9. The van der Waals surface area contributed by atoms with Crippen LogP contribution in [0.3, 0.4) is 0 Å². The predicted octanol–water partition coefficient (Wildman–Crippen LogP) is 3.36. The highest BCUT2D eigenvalue weighted by molar-refractivity contribution is 5.60. The van der Waals surface area contributed by atoms with Crippen molar-refractivity contribution >= 4 is 11.5 Å². The van der Waals surface area contributed by atoms with Gasteiger partial charge in [0.15, 0.2) is 0 Å². The van der Waals surface area contributed by atoms with Crippen LogP contribution in [-0.2, 0) is 6.54 Å². The third-order valence-corrected chi connectivity index (χ3v) is 4.50. The molecule has 0 bridgehead atoms. The van der Waals surface area contributed by atoms with Crippen LogP contribution in [0.25, 0.3) is 0 Å². The van der Waals surface area contributed by atoms with Gasteiger partial charge in [-0.15, -0.1) is 0 Å². The topological polar surface area (TPSA) is 73.0 Å². The van der Waals surface area contributed by atoms with Crippen LogP contribution in [-0.4, -0.2) is 20.7 Å². The number of aromatic nitrogens is 2. The highest BCUT2D eigenvalue weighted by Gasteiger charge is 2.33. The fourth-order valence-electron chi connectivity index (χ4n) is 3.05. The average Bonchev–Trinajstić information content (AvgIpc) is 2.85. The Labute approximate surface area is 119 Å². The second-order valence-corrected chi connectivity index (χ2v) is 5.93. The molecule has 0 amide bonds. The molecule has 0 aliphatic heterocycles. The van der Waals surface area contributed by atoms with E-state index in [4.69, 9.17) is 0 Å². The van der Waals surface area contributed by atoms with E-state index < -0.39 is 0 Å². The van der Waals surface area contributed by atoms with E-state index in [0.29, 0.717) is 35.9 Å². The lowest BCUT2D eigenvalue weighted by Gasteiger charge is -2.20. The van der Waals surface area contributed by atoms with Gasteiger partial charge in [-0.3, -0.25) is 10.1 Å². The maximum atomic E-state index is 11.3. The van der Waals surface area contributed by atoms with Crippen LogP contribution in [0.2, 0.25) is 0 Å². The molecule has 1 aliphatic carbocycles. The van der Waals surface area contributed by atoms with Gasteiger partial charge in [-0.1, -0.05) is 20.8 Å². The van der Waals surface area contributed by atoms with Gasteiger partial charge < -0.3 is 5.32 Å². The minimum absolute atomic E-state index is 0.130. The molecule has 1 heterocycles. The number of aryl methyl sites for hydroxylation is 2. The first kappa shape index (κ1) is 14.8. The molecule has 2 rings (SSSR count). The Bertz CT molecular complexity index is 498. The Morgan fingerprint density at radius 1 is 1.45 bits per heavy atom. The van der Waals surface area contributed by atoms with E-state index in [1.807, 2.05) is 6.92 Å². The first-order valence-electron chi connectivity index (χ1n) is 7.44. The molecule has 1 fully saturated rings. The predicted molar refractivity (Wildman–Crippen MR) is 78.9 cm³/mol. The molecule has 0 spiro atoms. The highest BCUT2D eigenvalue weighted by atomic mass is 16.6. The number of nitrogens with one attached hydrogen (secondary N) is 1. The van der Waals surface area contributed by atoms with Crippen molar-refractivity contribution in [1.82, 2.24) is 9.78 Å². The van der Waals surface area contributed by atoms with Gasteiger partial charge in [-0.05, 0) is 38.0 Å². The van der Waals surface area contributed by atoms with E-state index in [1.165, 1.54) is 6.42 Å². The Hall–Kier alpha value is -1.59. The average molecular weight is 280 g/mol. The first-order valence-corrected chi connectivity index (χ1v) is 7.44. The number of hydrogen-bond donors (Lipinski definition) is 1. The van der Waals surface area contributed by atoms with E-state index in [9.17, 15) is 10.1 Å². The second kappa shape index (κ2) is 5.81. The first-order chi connectivity index (χ1) is 9.45. The fourth-order valence-corrected chi connectivity index (χ4v) is 3.05. The fraction of sp³-hybridized carbons (Fsp3) is 0.786. The zero-order valence-corrected chi connectivity index (χ0v) is 12.7. The number of hydrogen-bond acceptors (Lipinski definition) is 4. The van der Waals surface area contributed by atoms with E-state index in [2.05, 4.69) is 24.3 Å². The van der Waals surface area contributed by atoms with Crippen LogP contribution in [0.1, 0.15) is 45.7 Å². The van der Waals surface area contributed by atoms with E-state index >= 15 is 0 Å². The summed E-state index contributed by atoms with van der Waals surface area (Å²) in [7, 11) is 0. The van der Waals surface area contributed by atoms with Gasteiger partial charge >= 0.3 is 5.69 Å². The van der Waals surface area contributed by atoms with Crippen LogP contribution in [0, 0.1) is 28.9 Å². The summed E-state index contributed by atoms with van der Waals surface area (Å²) in [5.41, 5.74) is 0.620. The minimum Gasteiger partial charge on any atom is -0.362 e. The molecule has 6 heteroatoms. The molecule has 0 aromatic carbocycles. The molecular formula is C14H24N4O2. The second-order valence-electron chi connectivity index (χ2n) is 5.93. The Morgan fingerprint density at radius 3 is 2.65 bits per heavy atom. The highest BCUT2D eigenvalue weighted by Crippen LogP contribution is 2.36. The maximum absolute atomic E-state index is 11.3. The van der Waals surface area contributed by atoms with Gasteiger partial charge in [0, 0.05) is 12.6 Å². The van der Waals surface area contributed by atoms with E-state index in [0.717, 1.165) is 12.8 Å². The maximum Gasteiger partial charge on any atom is 0.333 e. The third-order valence-electron chi connectivity index (χ3n) is 4.50. The Kier molecular flexibility index (Phi) is 4.30. The van der Waals surface area contributed by atoms with E-state index in [1.54, 1.807) is 11.6 Å². The molecule has 1 N–H and O–H groups in total. The Balaban J connectivity index is 2.31.